The predicted molar refractivity (Wildman–Crippen MR) is 62.8 cm³/mol. The van der Waals surface area contributed by atoms with Gasteiger partial charge in [0.15, 0.2) is 0 Å². The highest BCUT2D eigenvalue weighted by molar-refractivity contribution is 5.55. The van der Waals surface area contributed by atoms with Gasteiger partial charge in [-0.05, 0) is 20.8 Å². The van der Waals surface area contributed by atoms with Gasteiger partial charge in [0.2, 0.25) is 0 Å². The highest BCUT2D eigenvalue weighted by Crippen LogP contribution is 2.21. The van der Waals surface area contributed by atoms with E-state index in [4.69, 9.17) is 0 Å². The third kappa shape index (κ3) is 1.94. The fourth-order valence-electron chi connectivity index (χ4n) is 1.71. The van der Waals surface area contributed by atoms with E-state index < -0.39 is 0 Å². The van der Waals surface area contributed by atoms with Gasteiger partial charge in [-0.2, -0.15) is 0 Å². The average molecular weight is 200 g/mol. The number of hydrogen-bond donors (Lipinski definition) is 0. The monoisotopic (exact) mass is 200 g/mol. The van der Waals surface area contributed by atoms with E-state index >= 15 is 0 Å². The van der Waals surface area contributed by atoms with Crippen molar-refractivity contribution in [2.75, 3.05) is 0 Å². The van der Waals surface area contributed by atoms with Gasteiger partial charge in [-0.1, -0.05) is 30.3 Å². The van der Waals surface area contributed by atoms with Crippen molar-refractivity contribution in [3.8, 4) is 11.4 Å². The molecule has 0 fully saturated rings. The molecule has 0 N–H and O–H groups in total. The van der Waals surface area contributed by atoms with Crippen LogP contribution in [0.15, 0.2) is 36.5 Å². The van der Waals surface area contributed by atoms with E-state index in [1.165, 1.54) is 5.56 Å². The van der Waals surface area contributed by atoms with Crippen LogP contribution in [0.4, 0.5) is 0 Å². The summed E-state index contributed by atoms with van der Waals surface area (Å²) in [6.45, 7) is 6.38. The van der Waals surface area contributed by atoms with Crippen molar-refractivity contribution < 1.29 is 0 Å². The smallest absolute Gasteiger partial charge is 0.140 e. The van der Waals surface area contributed by atoms with Gasteiger partial charge in [0.05, 0.1) is 5.69 Å². The number of imidazole rings is 1. The molecule has 0 unspecified atom stereocenters. The number of rotatable bonds is 2. The molecule has 2 rings (SSSR count). The Morgan fingerprint density at radius 2 is 1.80 bits per heavy atom. The van der Waals surface area contributed by atoms with Gasteiger partial charge in [0.1, 0.15) is 5.82 Å². The van der Waals surface area contributed by atoms with Crippen LogP contribution < -0.4 is 0 Å². The number of benzene rings is 1. The van der Waals surface area contributed by atoms with Crippen LogP contribution in [0.3, 0.4) is 0 Å². The van der Waals surface area contributed by atoms with Crippen molar-refractivity contribution in [3.63, 3.8) is 0 Å². The summed E-state index contributed by atoms with van der Waals surface area (Å²) in [7, 11) is 0. The fraction of sp³-hybridized carbons (Fsp3) is 0.308. The van der Waals surface area contributed by atoms with Crippen LogP contribution in [-0.4, -0.2) is 9.55 Å². The Hall–Kier alpha value is -1.57. The molecule has 2 heteroatoms. The molecular formula is C13H16N2. The molecule has 1 aromatic carbocycles. The molecule has 2 aromatic rings. The normalized spacial score (nSPS) is 10.9. The molecule has 0 amide bonds. The summed E-state index contributed by atoms with van der Waals surface area (Å²) in [6.07, 6.45) is 2.10. The third-order valence-electron chi connectivity index (χ3n) is 2.44. The Morgan fingerprint density at radius 3 is 2.40 bits per heavy atom. The minimum atomic E-state index is 0.446. The Bertz CT molecular complexity index is 441. The molecule has 0 atom stereocenters. The average Bonchev–Trinajstić information content (AvgIpc) is 2.62. The zero-order valence-corrected chi connectivity index (χ0v) is 9.44. The Balaban J connectivity index is 2.53. The minimum absolute atomic E-state index is 0.446. The summed E-state index contributed by atoms with van der Waals surface area (Å²) >= 11 is 0. The molecule has 0 saturated heterocycles. The van der Waals surface area contributed by atoms with Crippen molar-refractivity contribution in [3.05, 3.63) is 42.2 Å². The summed E-state index contributed by atoms with van der Waals surface area (Å²) in [6, 6.07) is 10.8. The second-order valence-corrected chi connectivity index (χ2v) is 4.07. The zero-order chi connectivity index (χ0) is 10.8. The van der Waals surface area contributed by atoms with Crippen molar-refractivity contribution in [2.45, 2.75) is 26.8 Å². The van der Waals surface area contributed by atoms with Crippen molar-refractivity contribution in [1.82, 2.24) is 9.55 Å². The van der Waals surface area contributed by atoms with E-state index in [2.05, 4.69) is 41.7 Å². The summed E-state index contributed by atoms with van der Waals surface area (Å²) in [5, 5.41) is 0. The highest BCUT2D eigenvalue weighted by Gasteiger charge is 2.09. The lowest BCUT2D eigenvalue weighted by molar-refractivity contribution is 0.606. The van der Waals surface area contributed by atoms with Crippen LogP contribution in [0.5, 0.6) is 0 Å². The maximum atomic E-state index is 4.57. The van der Waals surface area contributed by atoms with Gasteiger partial charge in [-0.15, -0.1) is 0 Å². The molecule has 0 spiro atoms. The molecule has 2 nitrogen and oxygen atoms in total. The first-order valence-electron chi connectivity index (χ1n) is 5.29. The topological polar surface area (TPSA) is 17.8 Å². The number of aromatic nitrogens is 2. The highest BCUT2D eigenvalue weighted by atomic mass is 15.1. The van der Waals surface area contributed by atoms with Gasteiger partial charge >= 0.3 is 0 Å². The van der Waals surface area contributed by atoms with Crippen molar-refractivity contribution in [2.24, 2.45) is 0 Å². The molecule has 15 heavy (non-hydrogen) atoms. The van der Waals surface area contributed by atoms with Gasteiger partial charge in [-0.25, -0.2) is 4.98 Å². The van der Waals surface area contributed by atoms with Crippen LogP contribution in [0.2, 0.25) is 0 Å². The predicted octanol–water partition coefficient (Wildman–Crippen LogP) is 3.44. The molecule has 1 aromatic heterocycles. The van der Waals surface area contributed by atoms with Gasteiger partial charge in [-0.3, -0.25) is 0 Å². The molecule has 0 aliphatic carbocycles. The van der Waals surface area contributed by atoms with E-state index in [1.807, 2.05) is 25.1 Å². The van der Waals surface area contributed by atoms with E-state index in [1.54, 1.807) is 0 Å². The maximum absolute atomic E-state index is 4.57. The number of hydrogen-bond acceptors (Lipinski definition) is 1. The first-order valence-corrected chi connectivity index (χ1v) is 5.29. The Labute approximate surface area is 90.6 Å². The van der Waals surface area contributed by atoms with E-state index in [-0.39, 0.29) is 0 Å². The molecule has 0 aliphatic heterocycles. The SMILES string of the molecule is Cc1cn(C(C)C)c(-c2ccccc2)n1. The Morgan fingerprint density at radius 1 is 1.13 bits per heavy atom. The second-order valence-electron chi connectivity index (χ2n) is 4.07. The molecule has 0 aliphatic rings. The number of aryl methyl sites for hydroxylation is 1. The van der Waals surface area contributed by atoms with Crippen LogP contribution in [0.1, 0.15) is 25.6 Å². The quantitative estimate of drug-likeness (QED) is 0.726. The van der Waals surface area contributed by atoms with Gasteiger partial charge < -0.3 is 4.57 Å². The van der Waals surface area contributed by atoms with Crippen molar-refractivity contribution >= 4 is 0 Å². The summed E-state index contributed by atoms with van der Waals surface area (Å²) < 4.78 is 2.21. The standard InChI is InChI=1S/C13H16N2/c1-10(2)15-9-11(3)14-13(15)12-7-5-4-6-8-12/h4-10H,1-3H3. The first kappa shape index (κ1) is 9.97. The van der Waals surface area contributed by atoms with Crippen LogP contribution in [-0.2, 0) is 0 Å². The minimum Gasteiger partial charge on any atom is -0.328 e. The molecular weight excluding hydrogens is 184 g/mol. The lowest BCUT2D eigenvalue weighted by Crippen LogP contribution is -2.01. The lowest BCUT2D eigenvalue weighted by Gasteiger charge is -2.10. The third-order valence-corrected chi connectivity index (χ3v) is 2.44. The molecule has 0 radical (unpaired) electrons. The van der Waals surface area contributed by atoms with Crippen molar-refractivity contribution in [1.29, 1.82) is 0 Å². The van der Waals surface area contributed by atoms with Gasteiger partial charge in [0.25, 0.3) is 0 Å². The van der Waals surface area contributed by atoms with E-state index in [0.717, 1.165) is 11.5 Å². The van der Waals surface area contributed by atoms with E-state index in [0.29, 0.717) is 6.04 Å². The summed E-state index contributed by atoms with van der Waals surface area (Å²) in [5.74, 6) is 1.06. The second kappa shape index (κ2) is 3.89. The molecule has 0 saturated carbocycles. The number of nitrogens with zero attached hydrogens (tertiary/aromatic N) is 2. The summed E-state index contributed by atoms with van der Waals surface area (Å²) in [4.78, 5) is 4.57. The lowest BCUT2D eigenvalue weighted by atomic mass is 10.2. The largest absolute Gasteiger partial charge is 0.328 e. The van der Waals surface area contributed by atoms with E-state index in [9.17, 15) is 0 Å². The van der Waals surface area contributed by atoms with Crippen LogP contribution >= 0.6 is 0 Å². The molecule has 78 valence electrons. The van der Waals surface area contributed by atoms with Gasteiger partial charge in [0, 0.05) is 17.8 Å². The Kier molecular flexibility index (Phi) is 2.58. The molecule has 0 bridgehead atoms. The van der Waals surface area contributed by atoms with Crippen LogP contribution in [0, 0.1) is 6.92 Å². The zero-order valence-electron chi connectivity index (χ0n) is 9.44. The fourth-order valence-corrected chi connectivity index (χ4v) is 1.71. The summed E-state index contributed by atoms with van der Waals surface area (Å²) in [5.41, 5.74) is 2.25. The first-order chi connectivity index (χ1) is 7.18. The van der Waals surface area contributed by atoms with Crippen LogP contribution in [0.25, 0.3) is 11.4 Å². The maximum Gasteiger partial charge on any atom is 0.140 e. The molecule has 1 heterocycles.